The Hall–Kier alpha value is -1.79. The molecule has 2 aromatic rings. The third kappa shape index (κ3) is 3.98. The molecule has 0 spiro atoms. The molecule has 0 saturated heterocycles. The van der Waals surface area contributed by atoms with Gasteiger partial charge in [0.15, 0.2) is 0 Å². The number of rotatable bonds is 4. The molecule has 1 aliphatic carbocycles. The van der Waals surface area contributed by atoms with Gasteiger partial charge in [0.25, 0.3) is 0 Å². The van der Waals surface area contributed by atoms with Crippen LogP contribution in [0.15, 0.2) is 17.3 Å². The Balaban J connectivity index is 1.59. The normalized spacial score (nSPS) is 21.4. The van der Waals surface area contributed by atoms with Gasteiger partial charge in [-0.05, 0) is 50.0 Å². The predicted octanol–water partition coefficient (Wildman–Crippen LogP) is 4.75. The van der Waals surface area contributed by atoms with Crippen molar-refractivity contribution in [2.24, 2.45) is 11.1 Å². The molecule has 1 fully saturated rings. The van der Waals surface area contributed by atoms with Gasteiger partial charge in [0.05, 0.1) is 5.69 Å². The molecule has 5 nitrogen and oxygen atoms in total. The maximum absolute atomic E-state index is 7.59. The highest BCUT2D eigenvalue weighted by Gasteiger charge is 2.29. The lowest BCUT2D eigenvalue weighted by Crippen LogP contribution is -2.33. The Labute approximate surface area is 171 Å². The topological polar surface area (TPSA) is 78.9 Å². The minimum absolute atomic E-state index is 0.491. The van der Waals surface area contributed by atoms with Crippen LogP contribution in [0.25, 0.3) is 10.2 Å². The number of nitrogens with one attached hydrogen (secondary N) is 1. The fourth-order valence-electron chi connectivity index (χ4n) is 4.47. The monoisotopic (exact) mass is 397 g/mol. The average molecular weight is 398 g/mol. The average Bonchev–Trinajstić information content (AvgIpc) is 3.07. The summed E-state index contributed by atoms with van der Waals surface area (Å²) in [5.74, 6) is 1.52. The van der Waals surface area contributed by atoms with Gasteiger partial charge in [0.1, 0.15) is 10.7 Å². The van der Waals surface area contributed by atoms with Crippen LogP contribution < -0.4 is 5.73 Å². The fourth-order valence-corrected chi connectivity index (χ4v) is 5.74. The number of aryl methyl sites for hydroxylation is 1. The summed E-state index contributed by atoms with van der Waals surface area (Å²) in [4.78, 5) is 14.5. The smallest absolute Gasteiger partial charge is 0.127 e. The van der Waals surface area contributed by atoms with Gasteiger partial charge < -0.3 is 11.1 Å². The van der Waals surface area contributed by atoms with Gasteiger partial charge in [-0.1, -0.05) is 13.8 Å². The van der Waals surface area contributed by atoms with E-state index in [-0.39, 0.29) is 0 Å². The lowest BCUT2D eigenvalue weighted by molar-refractivity contribution is 0.226. The molecular weight excluding hydrogens is 366 g/mol. The van der Waals surface area contributed by atoms with Gasteiger partial charge in [-0.3, -0.25) is 4.90 Å². The number of thiophene rings is 1. The molecule has 150 valence electrons. The molecule has 2 aromatic heterocycles. The van der Waals surface area contributed by atoms with E-state index in [0.29, 0.717) is 11.3 Å². The van der Waals surface area contributed by atoms with E-state index in [1.165, 1.54) is 42.2 Å². The van der Waals surface area contributed by atoms with Crippen molar-refractivity contribution >= 4 is 27.8 Å². The van der Waals surface area contributed by atoms with Gasteiger partial charge in [0.2, 0.25) is 0 Å². The molecule has 0 unspecified atom stereocenters. The summed E-state index contributed by atoms with van der Waals surface area (Å²) in [6, 6.07) is 2.36. The molecule has 4 rings (SSSR count). The van der Waals surface area contributed by atoms with Crippen LogP contribution >= 0.6 is 11.3 Å². The van der Waals surface area contributed by atoms with Crippen molar-refractivity contribution in [3.8, 4) is 0 Å². The molecule has 3 N–H and O–H groups in total. The van der Waals surface area contributed by atoms with Gasteiger partial charge in [0, 0.05) is 53.8 Å². The third-order valence-electron chi connectivity index (χ3n) is 6.40. The summed E-state index contributed by atoms with van der Waals surface area (Å²) in [6.45, 7) is 9.21. The molecule has 0 atom stereocenters. The van der Waals surface area contributed by atoms with Crippen LogP contribution in [0.3, 0.4) is 0 Å². The molecule has 6 heteroatoms. The number of hydrogen-bond donors (Lipinski definition) is 2. The zero-order valence-electron chi connectivity index (χ0n) is 17.2. The van der Waals surface area contributed by atoms with Crippen LogP contribution in [0.2, 0.25) is 0 Å². The maximum atomic E-state index is 7.59. The van der Waals surface area contributed by atoms with Crippen LogP contribution in [0, 0.1) is 17.7 Å². The Morgan fingerprint density at radius 2 is 2.07 bits per heavy atom. The third-order valence-corrected chi connectivity index (χ3v) is 7.59. The lowest BCUT2D eigenvalue weighted by atomic mass is 9.73. The minimum Gasteiger partial charge on any atom is -0.402 e. The molecule has 0 radical (unpaired) electrons. The van der Waals surface area contributed by atoms with Crippen molar-refractivity contribution in [1.29, 1.82) is 5.41 Å². The first kappa shape index (κ1) is 19.5. The molecule has 0 aromatic carbocycles. The highest BCUT2D eigenvalue weighted by molar-refractivity contribution is 7.18. The number of aromatic nitrogens is 2. The van der Waals surface area contributed by atoms with E-state index in [4.69, 9.17) is 21.1 Å². The molecule has 28 heavy (non-hydrogen) atoms. The van der Waals surface area contributed by atoms with Crippen LogP contribution in [0.1, 0.15) is 68.3 Å². The summed E-state index contributed by atoms with van der Waals surface area (Å²) < 4.78 is 0. The van der Waals surface area contributed by atoms with Crippen molar-refractivity contribution in [2.45, 2.75) is 65.3 Å². The minimum atomic E-state index is 0.491. The Kier molecular flexibility index (Phi) is 5.27. The highest BCUT2D eigenvalue weighted by atomic mass is 32.1. The quantitative estimate of drug-likeness (QED) is 0.730. The van der Waals surface area contributed by atoms with Crippen molar-refractivity contribution in [3.63, 3.8) is 0 Å². The summed E-state index contributed by atoms with van der Waals surface area (Å²) in [6.07, 6.45) is 7.38. The second-order valence-corrected chi connectivity index (χ2v) is 10.2. The van der Waals surface area contributed by atoms with Gasteiger partial charge in [-0.15, -0.1) is 11.3 Å². The number of fused-ring (bicyclic) bond motifs is 1. The Bertz CT molecular complexity index is 916. The highest BCUT2D eigenvalue weighted by Crippen LogP contribution is 2.45. The Morgan fingerprint density at radius 1 is 1.32 bits per heavy atom. The first-order valence-electron chi connectivity index (χ1n) is 10.3. The Morgan fingerprint density at radius 3 is 2.79 bits per heavy atom. The molecule has 0 bridgehead atoms. The summed E-state index contributed by atoms with van der Waals surface area (Å²) in [5.41, 5.74) is 9.44. The van der Waals surface area contributed by atoms with E-state index >= 15 is 0 Å². The predicted molar refractivity (Wildman–Crippen MR) is 117 cm³/mol. The SMILES string of the molecule is Cc1nc(CN2CCC(N)=C(C=N)C2)c2cc(C3CCC(C)(C)CC3)sc2n1. The number of hydrogen-bond acceptors (Lipinski definition) is 6. The van der Waals surface area contributed by atoms with Gasteiger partial charge in [-0.2, -0.15) is 0 Å². The van der Waals surface area contributed by atoms with Crippen LogP contribution in [0.4, 0.5) is 0 Å². The zero-order chi connectivity index (χ0) is 19.9. The second kappa shape index (κ2) is 7.56. The standard InChI is InChI=1S/C22H31N5S/c1-14-25-19(13-27-9-6-18(24)16(11-23)12-27)17-10-20(28-21(17)26-14)15-4-7-22(2,3)8-5-15/h10-11,15,23H,4-9,12-13,24H2,1-3H3. The molecule has 3 heterocycles. The first-order valence-corrected chi connectivity index (χ1v) is 11.1. The maximum Gasteiger partial charge on any atom is 0.127 e. The molecule has 2 aliphatic rings. The van der Waals surface area contributed by atoms with Crippen LogP contribution in [-0.4, -0.2) is 34.2 Å². The fraction of sp³-hybridized carbons (Fsp3) is 0.591. The molecular formula is C22H31N5S. The van der Waals surface area contributed by atoms with Crippen LogP contribution in [0.5, 0.6) is 0 Å². The summed E-state index contributed by atoms with van der Waals surface area (Å²) >= 11 is 1.86. The number of nitrogens with two attached hydrogens (primary N) is 1. The number of nitrogens with zero attached hydrogens (tertiary/aromatic N) is 3. The van der Waals surface area contributed by atoms with E-state index < -0.39 is 0 Å². The second-order valence-electron chi connectivity index (χ2n) is 9.18. The zero-order valence-corrected chi connectivity index (χ0v) is 18.0. The van der Waals surface area contributed by atoms with E-state index in [1.807, 2.05) is 18.3 Å². The van der Waals surface area contributed by atoms with E-state index in [2.05, 4.69) is 24.8 Å². The van der Waals surface area contributed by atoms with Gasteiger partial charge >= 0.3 is 0 Å². The van der Waals surface area contributed by atoms with Crippen molar-refractivity contribution in [2.75, 3.05) is 13.1 Å². The molecule has 1 saturated carbocycles. The van der Waals surface area contributed by atoms with Crippen LogP contribution in [-0.2, 0) is 6.54 Å². The first-order chi connectivity index (χ1) is 13.3. The van der Waals surface area contributed by atoms with E-state index in [9.17, 15) is 0 Å². The molecule has 0 amide bonds. The van der Waals surface area contributed by atoms with E-state index in [1.54, 1.807) is 0 Å². The van der Waals surface area contributed by atoms with Crippen molar-refractivity contribution in [3.05, 3.63) is 33.7 Å². The van der Waals surface area contributed by atoms with Gasteiger partial charge in [-0.25, -0.2) is 9.97 Å². The van der Waals surface area contributed by atoms with E-state index in [0.717, 1.165) is 53.7 Å². The summed E-state index contributed by atoms with van der Waals surface area (Å²) in [7, 11) is 0. The lowest BCUT2D eigenvalue weighted by Gasteiger charge is -2.33. The van der Waals surface area contributed by atoms with Crippen molar-refractivity contribution < 1.29 is 0 Å². The molecule has 1 aliphatic heterocycles. The summed E-state index contributed by atoms with van der Waals surface area (Å²) in [5, 5.41) is 8.81. The largest absolute Gasteiger partial charge is 0.402 e. The van der Waals surface area contributed by atoms with Crippen molar-refractivity contribution in [1.82, 2.24) is 14.9 Å².